The largest absolute Gasteiger partial charge is 0.417 e. The van der Waals surface area contributed by atoms with Crippen molar-refractivity contribution in [3.8, 4) is 0 Å². The lowest BCUT2D eigenvalue weighted by Crippen LogP contribution is -2.26. The Kier molecular flexibility index (Phi) is 3.46. The number of oxazole rings is 1. The van der Waals surface area contributed by atoms with E-state index >= 15 is 0 Å². The fourth-order valence-corrected chi connectivity index (χ4v) is 1.85. The molecule has 102 valence electrons. The highest BCUT2D eigenvalue weighted by Crippen LogP contribution is 2.27. The predicted molar refractivity (Wildman–Crippen MR) is 73.2 cm³/mol. The minimum Gasteiger partial charge on any atom is -0.408 e. The molecule has 0 spiro atoms. The van der Waals surface area contributed by atoms with Gasteiger partial charge in [0.2, 0.25) is 5.91 Å². The summed E-state index contributed by atoms with van der Waals surface area (Å²) in [5.41, 5.74) is 8.16. The van der Waals surface area contributed by atoms with Crippen LogP contribution in [0.1, 0.15) is 6.42 Å². The van der Waals surface area contributed by atoms with E-state index in [1.165, 1.54) is 0 Å². The first-order valence-corrected chi connectivity index (χ1v) is 5.85. The Balaban J connectivity index is 2.25. The number of rotatable bonds is 4. The molecule has 1 aromatic carbocycles. The Morgan fingerprint density at radius 2 is 2.26 bits per heavy atom. The van der Waals surface area contributed by atoms with Gasteiger partial charge in [-0.1, -0.05) is 0 Å². The van der Waals surface area contributed by atoms with Crippen molar-refractivity contribution < 1.29 is 9.21 Å². The number of hydrogen-bond donors (Lipinski definition) is 3. The summed E-state index contributed by atoms with van der Waals surface area (Å²) in [4.78, 5) is 26.8. The van der Waals surface area contributed by atoms with Crippen molar-refractivity contribution in [1.82, 2.24) is 10.3 Å². The van der Waals surface area contributed by atoms with Crippen LogP contribution in [0, 0.1) is 0 Å². The number of fused-ring (bicyclic) bond motifs is 1. The van der Waals surface area contributed by atoms with Gasteiger partial charge in [-0.05, 0) is 6.07 Å². The molecule has 0 unspecified atom stereocenters. The number of aromatic nitrogens is 1. The van der Waals surface area contributed by atoms with Gasteiger partial charge < -0.3 is 20.4 Å². The fraction of sp³-hybridized carbons (Fsp3) is 0.333. The van der Waals surface area contributed by atoms with Crippen LogP contribution in [0.5, 0.6) is 0 Å². The molecule has 0 aliphatic rings. The van der Waals surface area contributed by atoms with Gasteiger partial charge in [-0.2, -0.15) is 0 Å². The van der Waals surface area contributed by atoms with Gasteiger partial charge in [0.1, 0.15) is 0 Å². The van der Waals surface area contributed by atoms with Crippen LogP contribution >= 0.6 is 0 Å². The standard InChI is InChI=1S/C12H16N4O3/c1-14-11(17)3-4-16(2)9-6-8-10(5-7(9)13)19-12(18)15-8/h5-6H,3-4,13H2,1-2H3,(H,14,17)(H,15,18). The average molecular weight is 264 g/mol. The lowest BCUT2D eigenvalue weighted by molar-refractivity contribution is -0.120. The van der Waals surface area contributed by atoms with Crippen LogP contribution < -0.4 is 21.7 Å². The summed E-state index contributed by atoms with van der Waals surface area (Å²) < 4.78 is 4.93. The number of nitrogens with one attached hydrogen (secondary N) is 2. The number of aromatic amines is 1. The number of amides is 1. The number of H-pyrrole nitrogens is 1. The summed E-state index contributed by atoms with van der Waals surface area (Å²) >= 11 is 0. The molecule has 1 heterocycles. The Bertz CT molecular complexity index is 659. The second-order valence-electron chi connectivity index (χ2n) is 4.27. The molecule has 7 nitrogen and oxygen atoms in total. The second kappa shape index (κ2) is 5.05. The number of carbonyl (C=O) groups excluding carboxylic acids is 1. The molecule has 2 aromatic rings. The molecule has 2 rings (SSSR count). The molecular formula is C12H16N4O3. The third kappa shape index (κ3) is 2.70. The summed E-state index contributed by atoms with van der Waals surface area (Å²) in [5.74, 6) is -0.553. The molecular weight excluding hydrogens is 248 g/mol. The molecule has 0 atom stereocenters. The number of carbonyl (C=O) groups is 1. The molecule has 0 radical (unpaired) electrons. The number of anilines is 2. The Hall–Kier alpha value is -2.44. The molecule has 0 saturated heterocycles. The Morgan fingerprint density at radius 1 is 1.53 bits per heavy atom. The van der Waals surface area contributed by atoms with E-state index in [9.17, 15) is 9.59 Å². The van der Waals surface area contributed by atoms with Crippen molar-refractivity contribution in [3.63, 3.8) is 0 Å². The third-order valence-electron chi connectivity index (χ3n) is 2.93. The summed E-state index contributed by atoms with van der Waals surface area (Å²) in [7, 11) is 3.43. The van der Waals surface area contributed by atoms with Crippen molar-refractivity contribution in [2.45, 2.75) is 6.42 Å². The molecule has 0 saturated carbocycles. The average Bonchev–Trinajstić information content (AvgIpc) is 2.73. The first-order valence-electron chi connectivity index (χ1n) is 5.85. The quantitative estimate of drug-likeness (QED) is 0.688. The molecule has 4 N–H and O–H groups in total. The number of nitrogen functional groups attached to an aromatic ring is 1. The van der Waals surface area contributed by atoms with Crippen molar-refractivity contribution in [2.75, 3.05) is 31.3 Å². The van der Waals surface area contributed by atoms with E-state index in [0.717, 1.165) is 5.69 Å². The van der Waals surface area contributed by atoms with Gasteiger partial charge in [-0.25, -0.2) is 4.79 Å². The highest BCUT2D eigenvalue weighted by Gasteiger charge is 2.11. The first-order chi connectivity index (χ1) is 9.01. The van der Waals surface area contributed by atoms with Crippen molar-refractivity contribution in [1.29, 1.82) is 0 Å². The van der Waals surface area contributed by atoms with Crippen LogP contribution in [0.2, 0.25) is 0 Å². The molecule has 19 heavy (non-hydrogen) atoms. The van der Waals surface area contributed by atoms with E-state index in [0.29, 0.717) is 29.8 Å². The van der Waals surface area contributed by atoms with Crippen LogP contribution in [-0.2, 0) is 4.79 Å². The predicted octanol–water partition coefficient (Wildman–Crippen LogP) is 0.276. The fourth-order valence-electron chi connectivity index (χ4n) is 1.85. The minimum absolute atomic E-state index is 0.0387. The van der Waals surface area contributed by atoms with E-state index in [4.69, 9.17) is 10.2 Å². The van der Waals surface area contributed by atoms with Crippen molar-refractivity contribution in [3.05, 3.63) is 22.7 Å². The number of hydrogen-bond acceptors (Lipinski definition) is 5. The number of nitrogens with two attached hydrogens (primary N) is 1. The van der Waals surface area contributed by atoms with Crippen LogP contribution in [0.3, 0.4) is 0 Å². The van der Waals surface area contributed by atoms with Gasteiger partial charge >= 0.3 is 5.76 Å². The molecule has 7 heteroatoms. The normalized spacial score (nSPS) is 10.6. The molecule has 1 amide bonds. The Morgan fingerprint density at radius 3 is 2.95 bits per heavy atom. The van der Waals surface area contributed by atoms with E-state index in [-0.39, 0.29) is 5.91 Å². The van der Waals surface area contributed by atoms with Crippen LogP contribution in [0.15, 0.2) is 21.3 Å². The zero-order chi connectivity index (χ0) is 14.0. The SMILES string of the molecule is CNC(=O)CCN(C)c1cc2[nH]c(=O)oc2cc1N. The lowest BCUT2D eigenvalue weighted by atomic mass is 10.2. The summed E-state index contributed by atoms with van der Waals surface area (Å²) in [6.45, 7) is 0.525. The van der Waals surface area contributed by atoms with E-state index in [1.807, 2.05) is 11.9 Å². The minimum atomic E-state index is -0.514. The van der Waals surface area contributed by atoms with Gasteiger partial charge in [0, 0.05) is 33.1 Å². The maximum atomic E-state index is 11.2. The molecule has 0 bridgehead atoms. The van der Waals surface area contributed by atoms with Gasteiger partial charge in [0.25, 0.3) is 0 Å². The van der Waals surface area contributed by atoms with E-state index < -0.39 is 5.76 Å². The number of nitrogens with zero attached hydrogens (tertiary/aromatic N) is 1. The van der Waals surface area contributed by atoms with Crippen molar-refractivity contribution >= 4 is 28.4 Å². The van der Waals surface area contributed by atoms with Gasteiger partial charge in [-0.15, -0.1) is 0 Å². The molecule has 0 fully saturated rings. The molecule has 0 aliphatic heterocycles. The summed E-state index contributed by atoms with van der Waals surface area (Å²) in [5, 5.41) is 2.56. The third-order valence-corrected chi connectivity index (χ3v) is 2.93. The Labute approximate surface area is 109 Å². The van der Waals surface area contributed by atoms with Crippen molar-refractivity contribution in [2.24, 2.45) is 0 Å². The first kappa shape index (κ1) is 13.0. The van der Waals surface area contributed by atoms with Crippen LogP contribution in [0.25, 0.3) is 11.1 Å². The van der Waals surface area contributed by atoms with Gasteiger partial charge in [0.15, 0.2) is 5.58 Å². The maximum absolute atomic E-state index is 11.2. The van der Waals surface area contributed by atoms with E-state index in [2.05, 4.69) is 10.3 Å². The molecule has 0 aliphatic carbocycles. The lowest BCUT2D eigenvalue weighted by Gasteiger charge is -2.20. The van der Waals surface area contributed by atoms with Gasteiger partial charge in [-0.3, -0.25) is 9.78 Å². The zero-order valence-electron chi connectivity index (χ0n) is 10.8. The summed E-state index contributed by atoms with van der Waals surface area (Å²) in [6, 6.07) is 3.33. The highest BCUT2D eigenvalue weighted by atomic mass is 16.4. The molecule has 1 aromatic heterocycles. The topological polar surface area (TPSA) is 104 Å². The second-order valence-corrected chi connectivity index (χ2v) is 4.27. The summed E-state index contributed by atoms with van der Waals surface area (Å²) in [6.07, 6.45) is 0.367. The monoisotopic (exact) mass is 264 g/mol. The smallest absolute Gasteiger partial charge is 0.408 e. The number of benzene rings is 1. The van der Waals surface area contributed by atoms with E-state index in [1.54, 1.807) is 19.2 Å². The zero-order valence-corrected chi connectivity index (χ0v) is 10.8. The van der Waals surface area contributed by atoms with Crippen LogP contribution in [-0.4, -0.2) is 31.5 Å². The highest BCUT2D eigenvalue weighted by molar-refractivity contribution is 5.85. The van der Waals surface area contributed by atoms with Gasteiger partial charge in [0.05, 0.1) is 16.9 Å². The van der Waals surface area contributed by atoms with Crippen LogP contribution in [0.4, 0.5) is 11.4 Å². The maximum Gasteiger partial charge on any atom is 0.417 e.